The van der Waals surface area contributed by atoms with E-state index in [1.807, 2.05) is 4.57 Å². The van der Waals surface area contributed by atoms with Gasteiger partial charge >= 0.3 is 0 Å². The van der Waals surface area contributed by atoms with E-state index in [1.165, 1.54) is 34.7 Å². The minimum absolute atomic E-state index is 0.0194. The number of ether oxygens (including phenoxy) is 2. The Balaban J connectivity index is 1.43. The summed E-state index contributed by atoms with van der Waals surface area (Å²) in [5.74, 6) is 1.08. The van der Waals surface area contributed by atoms with Crippen molar-refractivity contribution in [3.8, 4) is 5.75 Å². The van der Waals surface area contributed by atoms with Gasteiger partial charge in [-0.15, -0.1) is 11.3 Å². The third kappa shape index (κ3) is 3.81. The summed E-state index contributed by atoms with van der Waals surface area (Å²) < 4.78 is 13.0. The molecule has 8 nitrogen and oxygen atoms in total. The minimum Gasteiger partial charge on any atom is -0.467 e. The highest BCUT2D eigenvalue weighted by Gasteiger charge is 2.28. The molecule has 1 saturated carbocycles. The zero-order valence-electron chi connectivity index (χ0n) is 18.7. The topological polar surface area (TPSA) is 96.5 Å². The first-order valence-corrected chi connectivity index (χ1v) is 13.6. The van der Waals surface area contributed by atoms with Crippen molar-refractivity contribution in [3.63, 3.8) is 0 Å². The van der Waals surface area contributed by atoms with Crippen LogP contribution < -0.4 is 10.3 Å². The molecule has 6 rings (SSSR count). The smallest absolute Gasteiger partial charge is 0.270 e. The molecule has 3 aromatic rings. The van der Waals surface area contributed by atoms with Crippen LogP contribution in [0.1, 0.15) is 66.1 Å². The number of nitro groups is 1. The Kier molecular flexibility index (Phi) is 5.82. The molecular weight excluding hydrogens is 474 g/mol. The van der Waals surface area contributed by atoms with Gasteiger partial charge in [0.25, 0.3) is 11.2 Å². The largest absolute Gasteiger partial charge is 0.467 e. The number of aromatic nitrogens is 2. The summed E-state index contributed by atoms with van der Waals surface area (Å²) in [5, 5.41) is 13.0. The van der Waals surface area contributed by atoms with Crippen LogP contribution in [0.4, 0.5) is 5.69 Å². The predicted molar refractivity (Wildman–Crippen MR) is 131 cm³/mol. The fourth-order valence-corrected chi connectivity index (χ4v) is 7.76. The molecule has 178 valence electrons. The molecule has 0 N–H and O–H groups in total. The van der Waals surface area contributed by atoms with Crippen LogP contribution in [-0.2, 0) is 29.9 Å². The molecule has 0 saturated heterocycles. The molecule has 3 aliphatic rings. The van der Waals surface area contributed by atoms with E-state index >= 15 is 0 Å². The average molecular weight is 500 g/mol. The SMILES string of the molecule is O=c1c2c3c(sc2nc(SCc2cc([N+](=O)[O-])cc4c2OCOC4)n1C1CCCC1)CCCC3. The van der Waals surface area contributed by atoms with Gasteiger partial charge in [-0.2, -0.15) is 0 Å². The number of benzene rings is 1. The quantitative estimate of drug-likeness (QED) is 0.197. The molecule has 1 aliphatic heterocycles. The lowest BCUT2D eigenvalue weighted by molar-refractivity contribution is -0.385. The molecule has 3 heterocycles. The van der Waals surface area contributed by atoms with Gasteiger partial charge in [0.2, 0.25) is 0 Å². The highest BCUT2D eigenvalue weighted by molar-refractivity contribution is 7.98. The van der Waals surface area contributed by atoms with Crippen LogP contribution >= 0.6 is 23.1 Å². The highest BCUT2D eigenvalue weighted by Crippen LogP contribution is 2.40. The third-order valence-corrected chi connectivity index (χ3v) is 9.20. The van der Waals surface area contributed by atoms with Gasteiger partial charge in [-0.25, -0.2) is 4.98 Å². The number of nitrogens with zero attached hydrogens (tertiary/aromatic N) is 3. The zero-order valence-corrected chi connectivity index (χ0v) is 20.3. The summed E-state index contributed by atoms with van der Waals surface area (Å²) >= 11 is 3.13. The molecule has 2 aliphatic carbocycles. The second-order valence-electron chi connectivity index (χ2n) is 9.15. The molecule has 2 aromatic heterocycles. The summed E-state index contributed by atoms with van der Waals surface area (Å²) in [4.78, 5) is 32.1. The number of hydrogen-bond acceptors (Lipinski definition) is 8. The van der Waals surface area contributed by atoms with Crippen molar-refractivity contribution in [2.75, 3.05) is 6.79 Å². The highest BCUT2D eigenvalue weighted by atomic mass is 32.2. The number of aryl methyl sites for hydroxylation is 2. The van der Waals surface area contributed by atoms with Crippen molar-refractivity contribution in [1.29, 1.82) is 0 Å². The Hall–Kier alpha value is -2.43. The van der Waals surface area contributed by atoms with Gasteiger partial charge in [-0.1, -0.05) is 24.6 Å². The maximum absolute atomic E-state index is 13.8. The van der Waals surface area contributed by atoms with Crippen LogP contribution in [-0.4, -0.2) is 21.3 Å². The monoisotopic (exact) mass is 499 g/mol. The molecule has 0 atom stereocenters. The summed E-state index contributed by atoms with van der Waals surface area (Å²) in [6.45, 7) is 0.409. The summed E-state index contributed by atoms with van der Waals surface area (Å²) in [5.41, 5.74) is 2.73. The van der Waals surface area contributed by atoms with Crippen LogP contribution in [0.2, 0.25) is 0 Å². The van der Waals surface area contributed by atoms with Crippen LogP contribution in [0.25, 0.3) is 10.2 Å². The molecule has 34 heavy (non-hydrogen) atoms. The first-order valence-electron chi connectivity index (χ1n) is 11.8. The molecule has 10 heteroatoms. The van der Waals surface area contributed by atoms with E-state index in [-0.39, 0.29) is 30.7 Å². The fraction of sp³-hybridized carbons (Fsp3) is 0.500. The number of rotatable bonds is 5. The Labute approximate surface area is 204 Å². The second kappa shape index (κ2) is 8.98. The first kappa shape index (κ1) is 22.1. The van der Waals surface area contributed by atoms with E-state index in [4.69, 9.17) is 14.5 Å². The maximum Gasteiger partial charge on any atom is 0.270 e. The molecule has 0 spiro atoms. The standard InChI is InChI=1S/C24H25N3O5S2/c28-23-20-18-7-3-4-8-19(18)34-22(20)25-24(26(23)16-5-1-2-6-16)33-12-15-10-17(27(29)30)9-14-11-31-13-32-21(14)15/h9-10,16H,1-8,11-13H2. The van der Waals surface area contributed by atoms with Crippen molar-refractivity contribution < 1.29 is 14.4 Å². The van der Waals surface area contributed by atoms with E-state index < -0.39 is 4.92 Å². The second-order valence-corrected chi connectivity index (χ2v) is 11.2. The van der Waals surface area contributed by atoms with E-state index in [9.17, 15) is 14.9 Å². The zero-order chi connectivity index (χ0) is 23.2. The molecule has 1 fully saturated rings. The summed E-state index contributed by atoms with van der Waals surface area (Å²) in [7, 11) is 0. The summed E-state index contributed by atoms with van der Waals surface area (Å²) in [6.07, 6.45) is 8.49. The number of hydrogen-bond donors (Lipinski definition) is 0. The van der Waals surface area contributed by atoms with Gasteiger partial charge in [-0.05, 0) is 44.1 Å². The van der Waals surface area contributed by atoms with Gasteiger partial charge in [0.15, 0.2) is 11.9 Å². The Morgan fingerprint density at radius 1 is 1.21 bits per heavy atom. The first-order chi connectivity index (χ1) is 16.6. The lowest BCUT2D eigenvalue weighted by atomic mass is 9.97. The normalized spacial score (nSPS) is 18.0. The average Bonchev–Trinajstić information content (AvgIpc) is 3.50. The molecule has 0 radical (unpaired) electrons. The van der Waals surface area contributed by atoms with Crippen molar-refractivity contribution >= 4 is 39.0 Å². The predicted octanol–water partition coefficient (Wildman–Crippen LogP) is 5.52. The summed E-state index contributed by atoms with van der Waals surface area (Å²) in [6, 6.07) is 3.24. The lowest BCUT2D eigenvalue weighted by Crippen LogP contribution is -2.26. The molecule has 0 amide bonds. The van der Waals surface area contributed by atoms with E-state index in [2.05, 4.69) is 0 Å². The Morgan fingerprint density at radius 3 is 2.85 bits per heavy atom. The molecule has 0 unspecified atom stereocenters. The van der Waals surface area contributed by atoms with Crippen molar-refractivity contribution in [3.05, 3.63) is 54.2 Å². The van der Waals surface area contributed by atoms with Gasteiger partial charge in [0.05, 0.1) is 16.9 Å². The van der Waals surface area contributed by atoms with Crippen molar-refractivity contribution in [1.82, 2.24) is 9.55 Å². The number of fused-ring (bicyclic) bond motifs is 4. The minimum atomic E-state index is -0.391. The fourth-order valence-electron chi connectivity index (χ4n) is 5.42. The van der Waals surface area contributed by atoms with Gasteiger partial charge < -0.3 is 9.47 Å². The molecule has 0 bridgehead atoms. The lowest BCUT2D eigenvalue weighted by Gasteiger charge is -2.21. The van der Waals surface area contributed by atoms with Crippen LogP contribution in [0.3, 0.4) is 0 Å². The van der Waals surface area contributed by atoms with Crippen molar-refractivity contribution in [2.45, 2.75) is 74.9 Å². The molecule has 1 aromatic carbocycles. The number of nitro benzene ring substituents is 1. The number of thioether (sulfide) groups is 1. The van der Waals surface area contributed by atoms with Crippen molar-refractivity contribution in [2.24, 2.45) is 0 Å². The van der Waals surface area contributed by atoms with E-state index in [1.54, 1.807) is 17.4 Å². The van der Waals surface area contributed by atoms with Crippen LogP contribution in [0.15, 0.2) is 22.1 Å². The Bertz CT molecular complexity index is 1340. The van der Waals surface area contributed by atoms with Gasteiger partial charge in [0, 0.05) is 39.9 Å². The Morgan fingerprint density at radius 2 is 2.03 bits per heavy atom. The van der Waals surface area contributed by atoms with Gasteiger partial charge in [0.1, 0.15) is 10.6 Å². The molecular formula is C24H25N3O5S2. The number of non-ortho nitro benzene ring substituents is 1. The maximum atomic E-state index is 13.8. The van der Waals surface area contributed by atoms with E-state index in [0.29, 0.717) is 22.2 Å². The number of thiophene rings is 1. The van der Waals surface area contributed by atoms with Crippen LogP contribution in [0.5, 0.6) is 5.75 Å². The van der Waals surface area contributed by atoms with E-state index in [0.717, 1.165) is 60.7 Å². The van der Waals surface area contributed by atoms with Crippen LogP contribution in [0, 0.1) is 10.1 Å². The third-order valence-electron chi connectivity index (χ3n) is 7.02. The van der Waals surface area contributed by atoms with Gasteiger partial charge in [-0.3, -0.25) is 19.5 Å².